The van der Waals surface area contributed by atoms with Crippen molar-refractivity contribution >= 4 is 5.91 Å². The lowest BCUT2D eigenvalue weighted by molar-refractivity contribution is -0.137. The van der Waals surface area contributed by atoms with E-state index in [4.69, 9.17) is 0 Å². The van der Waals surface area contributed by atoms with Crippen molar-refractivity contribution in [2.75, 3.05) is 19.6 Å². The van der Waals surface area contributed by atoms with Gasteiger partial charge in [-0.05, 0) is 41.0 Å². The molecule has 2 aliphatic heterocycles. The Hall–Kier alpha value is -2.45. The van der Waals surface area contributed by atoms with Gasteiger partial charge in [-0.2, -0.15) is 13.2 Å². The van der Waals surface area contributed by atoms with Crippen LogP contribution in [0.1, 0.15) is 38.7 Å². The molecule has 0 unspecified atom stereocenters. The number of nitrogens with one attached hydrogen (secondary N) is 2. The maximum atomic E-state index is 13.6. The van der Waals surface area contributed by atoms with Gasteiger partial charge < -0.3 is 10.6 Å². The van der Waals surface area contributed by atoms with Gasteiger partial charge in [-0.1, -0.05) is 12.1 Å². The summed E-state index contributed by atoms with van der Waals surface area (Å²) in [6.45, 7) is 2.64. The van der Waals surface area contributed by atoms with Crippen LogP contribution in [0.2, 0.25) is 0 Å². The zero-order chi connectivity index (χ0) is 19.9. The molecule has 2 N–H and O–H groups in total. The highest BCUT2D eigenvalue weighted by atomic mass is 19.4. The maximum Gasteiger partial charge on any atom is 0.416 e. The first-order valence-corrected chi connectivity index (χ1v) is 9.03. The summed E-state index contributed by atoms with van der Waals surface area (Å²) in [5.41, 5.74) is 1.98. The van der Waals surface area contributed by atoms with Crippen molar-refractivity contribution in [2.24, 2.45) is 0 Å². The number of fused-ring (bicyclic) bond motifs is 1. The molecule has 0 saturated carbocycles. The minimum atomic E-state index is -4.57. The molecule has 4 nitrogen and oxygen atoms in total. The van der Waals surface area contributed by atoms with Crippen LogP contribution in [0.3, 0.4) is 0 Å². The number of carbonyl (C=O) groups excluding carboxylic acids is 1. The lowest BCUT2D eigenvalue weighted by atomic mass is 9.99. The molecule has 8 heteroatoms. The van der Waals surface area contributed by atoms with Gasteiger partial charge in [0.1, 0.15) is 5.82 Å². The molecule has 0 aliphatic carbocycles. The van der Waals surface area contributed by atoms with E-state index in [1.807, 2.05) is 17.0 Å². The Morgan fingerprint density at radius 3 is 2.75 bits per heavy atom. The molecule has 4 rings (SSSR count). The number of rotatable bonds is 3. The zero-order valence-electron chi connectivity index (χ0n) is 14.9. The Kier molecular flexibility index (Phi) is 4.84. The number of halogens is 4. The van der Waals surface area contributed by atoms with Crippen LogP contribution in [0.25, 0.3) is 0 Å². The summed E-state index contributed by atoms with van der Waals surface area (Å²) in [6, 6.07) is 8.35. The van der Waals surface area contributed by atoms with Crippen molar-refractivity contribution < 1.29 is 22.4 Å². The second-order valence-electron chi connectivity index (χ2n) is 7.19. The molecule has 28 heavy (non-hydrogen) atoms. The summed E-state index contributed by atoms with van der Waals surface area (Å²) < 4.78 is 52.4. The predicted octanol–water partition coefficient (Wildman–Crippen LogP) is 3.23. The van der Waals surface area contributed by atoms with Crippen molar-refractivity contribution in [1.29, 1.82) is 0 Å². The minimum absolute atomic E-state index is 0.00889. The summed E-state index contributed by atoms with van der Waals surface area (Å²) in [4.78, 5) is 13.7. The van der Waals surface area contributed by atoms with Crippen molar-refractivity contribution in [2.45, 2.75) is 25.3 Å². The van der Waals surface area contributed by atoms with E-state index in [1.165, 1.54) is 0 Å². The molecule has 0 radical (unpaired) electrons. The molecule has 1 fully saturated rings. The van der Waals surface area contributed by atoms with Crippen molar-refractivity contribution in [1.82, 2.24) is 15.5 Å². The number of hydrogen-bond acceptors (Lipinski definition) is 3. The smallest absolute Gasteiger partial charge is 0.348 e. The van der Waals surface area contributed by atoms with E-state index < -0.39 is 17.6 Å². The molecule has 148 valence electrons. The molecule has 2 aromatic carbocycles. The van der Waals surface area contributed by atoms with E-state index >= 15 is 0 Å². The van der Waals surface area contributed by atoms with E-state index in [9.17, 15) is 22.4 Å². The molecule has 1 amide bonds. The van der Waals surface area contributed by atoms with Crippen LogP contribution < -0.4 is 10.6 Å². The van der Waals surface area contributed by atoms with E-state index in [1.54, 1.807) is 6.07 Å². The average Bonchev–Trinajstić information content (AvgIpc) is 3.01. The summed E-state index contributed by atoms with van der Waals surface area (Å²) >= 11 is 0. The molecular weight excluding hydrogens is 374 g/mol. The Morgan fingerprint density at radius 1 is 1.14 bits per heavy atom. The average molecular weight is 393 g/mol. The number of amides is 1. The van der Waals surface area contributed by atoms with Crippen LogP contribution in [0.4, 0.5) is 17.6 Å². The van der Waals surface area contributed by atoms with Gasteiger partial charge in [0, 0.05) is 44.3 Å². The lowest BCUT2D eigenvalue weighted by Gasteiger charge is -2.34. The first-order valence-electron chi connectivity index (χ1n) is 9.03. The second kappa shape index (κ2) is 7.18. The Morgan fingerprint density at radius 2 is 1.96 bits per heavy atom. The fraction of sp³-hybridized carbons (Fsp3) is 0.350. The Labute approximate surface area is 159 Å². The third-order valence-corrected chi connectivity index (χ3v) is 5.17. The van der Waals surface area contributed by atoms with Crippen molar-refractivity contribution in [3.63, 3.8) is 0 Å². The molecular formula is C20H19F4N3O. The topological polar surface area (TPSA) is 44.4 Å². The number of alkyl halides is 3. The van der Waals surface area contributed by atoms with E-state index in [-0.39, 0.29) is 18.5 Å². The van der Waals surface area contributed by atoms with Crippen LogP contribution in [0, 0.1) is 5.82 Å². The van der Waals surface area contributed by atoms with Crippen LogP contribution >= 0.6 is 0 Å². The fourth-order valence-electron chi connectivity index (χ4n) is 3.81. The Bertz CT molecular complexity index is 913. The first-order chi connectivity index (χ1) is 13.3. The highest BCUT2D eigenvalue weighted by Crippen LogP contribution is 2.31. The standard InChI is InChI=1S/C20H19F4N3O/c21-16-6-12(5-15(8-16)20(22,23)24)10-27-4-3-25-18(11-27)13-1-2-17-14(7-13)9-26-19(17)28/h1-2,5-8,18,25H,3-4,9-11H2,(H,26,28)/t18-/m1/s1. The van der Waals surface area contributed by atoms with E-state index in [2.05, 4.69) is 10.6 Å². The van der Waals surface area contributed by atoms with Crippen LogP contribution in [0.5, 0.6) is 0 Å². The molecule has 1 atom stereocenters. The largest absolute Gasteiger partial charge is 0.416 e. The molecule has 0 bridgehead atoms. The summed E-state index contributed by atoms with van der Waals surface area (Å²) in [6.07, 6.45) is -4.57. The summed E-state index contributed by atoms with van der Waals surface area (Å²) in [7, 11) is 0. The molecule has 2 heterocycles. The van der Waals surface area contributed by atoms with E-state index in [0.717, 1.165) is 23.3 Å². The summed E-state index contributed by atoms with van der Waals surface area (Å²) in [5, 5.41) is 6.18. The highest BCUT2D eigenvalue weighted by molar-refractivity contribution is 5.98. The van der Waals surface area contributed by atoms with Crippen LogP contribution in [-0.2, 0) is 19.3 Å². The predicted molar refractivity (Wildman–Crippen MR) is 95.0 cm³/mol. The van der Waals surface area contributed by atoms with Gasteiger partial charge in [-0.3, -0.25) is 9.69 Å². The van der Waals surface area contributed by atoms with E-state index in [0.29, 0.717) is 43.4 Å². The van der Waals surface area contributed by atoms with Gasteiger partial charge in [0.15, 0.2) is 0 Å². The summed E-state index contributed by atoms with van der Waals surface area (Å²) in [5.74, 6) is -0.960. The number of nitrogens with zero attached hydrogens (tertiary/aromatic N) is 1. The number of carbonyl (C=O) groups is 1. The fourth-order valence-corrected chi connectivity index (χ4v) is 3.81. The molecule has 2 aliphatic rings. The molecule has 2 aromatic rings. The van der Waals surface area contributed by atoms with Crippen LogP contribution in [-0.4, -0.2) is 30.4 Å². The van der Waals surface area contributed by atoms with Crippen LogP contribution in [0.15, 0.2) is 36.4 Å². The number of benzene rings is 2. The molecule has 1 saturated heterocycles. The van der Waals surface area contributed by atoms with Gasteiger partial charge >= 0.3 is 6.18 Å². The van der Waals surface area contributed by atoms with Gasteiger partial charge in [0.25, 0.3) is 5.91 Å². The van der Waals surface area contributed by atoms with Crippen molar-refractivity contribution in [3.05, 3.63) is 70.0 Å². The normalized spacial score (nSPS) is 20.1. The maximum absolute atomic E-state index is 13.6. The molecule has 0 aromatic heterocycles. The number of hydrogen-bond donors (Lipinski definition) is 2. The Balaban J connectivity index is 1.49. The van der Waals surface area contributed by atoms with Gasteiger partial charge in [0.2, 0.25) is 0 Å². The monoisotopic (exact) mass is 393 g/mol. The first kappa shape index (κ1) is 18.9. The second-order valence-corrected chi connectivity index (χ2v) is 7.19. The minimum Gasteiger partial charge on any atom is -0.348 e. The quantitative estimate of drug-likeness (QED) is 0.787. The lowest BCUT2D eigenvalue weighted by Crippen LogP contribution is -2.45. The third kappa shape index (κ3) is 3.88. The van der Waals surface area contributed by atoms with Crippen molar-refractivity contribution in [3.8, 4) is 0 Å². The van der Waals surface area contributed by atoms with Gasteiger partial charge in [-0.25, -0.2) is 4.39 Å². The highest BCUT2D eigenvalue weighted by Gasteiger charge is 2.32. The zero-order valence-corrected chi connectivity index (χ0v) is 14.9. The van der Waals surface area contributed by atoms with Gasteiger partial charge in [-0.15, -0.1) is 0 Å². The third-order valence-electron chi connectivity index (χ3n) is 5.17. The SMILES string of the molecule is O=C1NCc2cc([C@H]3CN(Cc4cc(F)cc(C(F)(F)F)c4)CCN3)ccc21. The number of piperazine rings is 1. The van der Waals surface area contributed by atoms with Gasteiger partial charge in [0.05, 0.1) is 5.56 Å². The molecule has 0 spiro atoms.